The van der Waals surface area contributed by atoms with Crippen molar-refractivity contribution in [2.24, 2.45) is 0 Å². The van der Waals surface area contributed by atoms with E-state index in [0.29, 0.717) is 11.8 Å². The van der Waals surface area contributed by atoms with Crippen LogP contribution in [0.4, 0.5) is 0 Å². The highest BCUT2D eigenvalue weighted by atomic mass is 32.1. The molecule has 0 saturated carbocycles. The van der Waals surface area contributed by atoms with Crippen molar-refractivity contribution in [1.29, 1.82) is 0 Å². The first-order valence-corrected chi connectivity index (χ1v) is 9.97. The quantitative estimate of drug-likeness (QED) is 0.681. The van der Waals surface area contributed by atoms with E-state index < -0.39 is 0 Å². The first-order chi connectivity index (χ1) is 12.7. The zero-order valence-electron chi connectivity index (χ0n) is 15.3. The third-order valence-corrected chi connectivity index (χ3v) is 6.00. The summed E-state index contributed by atoms with van der Waals surface area (Å²) in [6.45, 7) is 9.53. The monoisotopic (exact) mass is 368 g/mol. The van der Waals surface area contributed by atoms with Crippen LogP contribution >= 0.6 is 11.3 Å². The Bertz CT molecular complexity index is 837. The molecule has 5 nitrogen and oxygen atoms in total. The Balaban J connectivity index is 1.35. The molecule has 26 heavy (non-hydrogen) atoms. The maximum atomic E-state index is 5.91. The third kappa shape index (κ3) is 3.72. The van der Waals surface area contributed by atoms with E-state index in [1.165, 1.54) is 11.1 Å². The van der Waals surface area contributed by atoms with Crippen LogP contribution in [0, 0.1) is 6.92 Å². The van der Waals surface area contributed by atoms with E-state index in [0.717, 1.165) is 37.6 Å². The molecule has 1 atom stereocenters. The molecule has 3 aromatic rings. The maximum Gasteiger partial charge on any atom is 0.257 e. The van der Waals surface area contributed by atoms with Gasteiger partial charge >= 0.3 is 0 Å². The summed E-state index contributed by atoms with van der Waals surface area (Å²) >= 11 is 1.62. The van der Waals surface area contributed by atoms with Crippen LogP contribution in [0.5, 0.6) is 0 Å². The lowest BCUT2D eigenvalue weighted by Crippen LogP contribution is -2.46. The van der Waals surface area contributed by atoms with Crippen molar-refractivity contribution in [2.45, 2.75) is 26.4 Å². The first kappa shape index (κ1) is 17.4. The van der Waals surface area contributed by atoms with E-state index >= 15 is 0 Å². The van der Waals surface area contributed by atoms with Crippen LogP contribution < -0.4 is 0 Å². The zero-order valence-corrected chi connectivity index (χ0v) is 16.1. The lowest BCUT2D eigenvalue weighted by atomic mass is 10.1. The molecule has 136 valence electrons. The molecule has 1 aliphatic heterocycles. The minimum atomic E-state index is 0.150. The Morgan fingerprint density at radius 2 is 1.88 bits per heavy atom. The SMILES string of the molecule is Cc1ccccc1CN1CCN([C@H](C)c2nnc(-c3cccs3)o2)CC1. The van der Waals surface area contributed by atoms with E-state index in [1.807, 2.05) is 17.5 Å². The summed E-state index contributed by atoms with van der Waals surface area (Å²) in [6, 6.07) is 12.8. The molecule has 0 N–H and O–H groups in total. The van der Waals surface area contributed by atoms with Gasteiger partial charge in [-0.15, -0.1) is 21.5 Å². The molecule has 0 aliphatic carbocycles. The predicted molar refractivity (Wildman–Crippen MR) is 104 cm³/mol. The van der Waals surface area contributed by atoms with Crippen LogP contribution in [0.3, 0.4) is 0 Å². The molecule has 2 aromatic heterocycles. The molecule has 1 saturated heterocycles. The first-order valence-electron chi connectivity index (χ1n) is 9.09. The van der Waals surface area contributed by atoms with E-state index in [4.69, 9.17) is 4.42 Å². The second-order valence-electron chi connectivity index (χ2n) is 6.84. The number of rotatable bonds is 5. The van der Waals surface area contributed by atoms with Gasteiger partial charge in [-0.25, -0.2) is 0 Å². The standard InChI is InChI=1S/C20H24N4OS/c1-15-6-3-4-7-17(15)14-23-9-11-24(12-10-23)16(2)19-21-22-20(25-19)18-8-5-13-26-18/h3-8,13,16H,9-12,14H2,1-2H3/t16-/m1/s1. The van der Waals surface area contributed by atoms with Gasteiger partial charge in [-0.1, -0.05) is 30.3 Å². The van der Waals surface area contributed by atoms with E-state index in [9.17, 15) is 0 Å². The molecule has 1 fully saturated rings. The molecule has 0 amide bonds. The zero-order chi connectivity index (χ0) is 17.9. The van der Waals surface area contributed by atoms with Gasteiger partial charge in [-0.3, -0.25) is 9.80 Å². The fourth-order valence-electron chi connectivity index (χ4n) is 3.40. The molecule has 0 radical (unpaired) electrons. The van der Waals surface area contributed by atoms with Crippen LogP contribution in [0.1, 0.15) is 30.0 Å². The lowest BCUT2D eigenvalue weighted by molar-refractivity contribution is 0.0875. The van der Waals surface area contributed by atoms with Gasteiger partial charge in [-0.2, -0.15) is 0 Å². The average molecular weight is 369 g/mol. The maximum absolute atomic E-state index is 5.91. The van der Waals surface area contributed by atoms with Gasteiger partial charge < -0.3 is 4.42 Å². The van der Waals surface area contributed by atoms with Crippen LogP contribution in [-0.2, 0) is 6.54 Å². The second kappa shape index (κ2) is 7.70. The normalized spacial score (nSPS) is 17.5. The Morgan fingerprint density at radius 3 is 2.62 bits per heavy atom. The Morgan fingerprint density at radius 1 is 1.08 bits per heavy atom. The van der Waals surface area contributed by atoms with Crippen molar-refractivity contribution in [3.8, 4) is 10.8 Å². The van der Waals surface area contributed by atoms with Crippen molar-refractivity contribution in [3.05, 3.63) is 58.8 Å². The van der Waals surface area contributed by atoms with Crippen LogP contribution in [-0.4, -0.2) is 46.2 Å². The van der Waals surface area contributed by atoms with Gasteiger partial charge in [0.25, 0.3) is 5.89 Å². The summed E-state index contributed by atoms with van der Waals surface area (Å²) < 4.78 is 5.91. The topological polar surface area (TPSA) is 45.4 Å². The van der Waals surface area contributed by atoms with Gasteiger partial charge in [0.2, 0.25) is 5.89 Å². The molecule has 6 heteroatoms. The summed E-state index contributed by atoms with van der Waals surface area (Å²) in [5.74, 6) is 1.33. The van der Waals surface area contributed by atoms with E-state index in [2.05, 4.69) is 58.1 Å². The molecular weight excluding hydrogens is 344 g/mol. The number of hydrogen-bond donors (Lipinski definition) is 0. The summed E-state index contributed by atoms with van der Waals surface area (Å²) in [5, 5.41) is 10.5. The van der Waals surface area contributed by atoms with Crippen LogP contribution in [0.2, 0.25) is 0 Å². The van der Waals surface area contributed by atoms with Crippen molar-refractivity contribution in [3.63, 3.8) is 0 Å². The van der Waals surface area contributed by atoms with Crippen LogP contribution in [0.15, 0.2) is 46.2 Å². The number of aryl methyl sites for hydroxylation is 1. The van der Waals surface area contributed by atoms with Crippen LogP contribution in [0.25, 0.3) is 10.8 Å². The number of nitrogens with zero attached hydrogens (tertiary/aromatic N) is 4. The highest BCUT2D eigenvalue weighted by molar-refractivity contribution is 7.13. The van der Waals surface area contributed by atoms with Crippen molar-refractivity contribution < 1.29 is 4.42 Å². The van der Waals surface area contributed by atoms with Gasteiger partial charge in [0.1, 0.15) is 0 Å². The number of benzene rings is 1. The van der Waals surface area contributed by atoms with Gasteiger partial charge in [0.05, 0.1) is 10.9 Å². The Hall–Kier alpha value is -2.02. The fourth-order valence-corrected chi connectivity index (χ4v) is 4.04. The molecular formula is C20H24N4OS. The highest BCUT2D eigenvalue weighted by Crippen LogP contribution is 2.27. The Labute approximate surface area is 158 Å². The molecule has 4 rings (SSSR count). The van der Waals surface area contributed by atoms with Crippen molar-refractivity contribution >= 4 is 11.3 Å². The smallest absolute Gasteiger partial charge is 0.257 e. The number of aromatic nitrogens is 2. The van der Waals surface area contributed by atoms with Crippen molar-refractivity contribution in [2.75, 3.05) is 26.2 Å². The van der Waals surface area contributed by atoms with Gasteiger partial charge in [0, 0.05) is 32.7 Å². The number of thiophene rings is 1. The molecule has 0 unspecified atom stereocenters. The van der Waals surface area contributed by atoms with E-state index in [-0.39, 0.29) is 6.04 Å². The van der Waals surface area contributed by atoms with E-state index in [1.54, 1.807) is 11.3 Å². The molecule has 3 heterocycles. The summed E-state index contributed by atoms with van der Waals surface area (Å²) in [5.41, 5.74) is 2.79. The number of piperazine rings is 1. The fraction of sp³-hybridized carbons (Fsp3) is 0.400. The minimum absolute atomic E-state index is 0.150. The summed E-state index contributed by atoms with van der Waals surface area (Å²) in [7, 11) is 0. The lowest BCUT2D eigenvalue weighted by Gasteiger charge is -2.37. The molecule has 1 aromatic carbocycles. The predicted octanol–water partition coefficient (Wildman–Crippen LogP) is 3.99. The highest BCUT2D eigenvalue weighted by Gasteiger charge is 2.26. The molecule has 0 spiro atoms. The Kier molecular flexibility index (Phi) is 5.15. The van der Waals surface area contributed by atoms with Gasteiger partial charge in [-0.05, 0) is 36.4 Å². The third-order valence-electron chi connectivity index (χ3n) is 5.14. The minimum Gasteiger partial charge on any atom is -0.418 e. The molecule has 0 bridgehead atoms. The summed E-state index contributed by atoms with van der Waals surface area (Å²) in [4.78, 5) is 5.98. The summed E-state index contributed by atoms with van der Waals surface area (Å²) in [6.07, 6.45) is 0. The molecule has 1 aliphatic rings. The van der Waals surface area contributed by atoms with Gasteiger partial charge in [0.15, 0.2) is 0 Å². The number of hydrogen-bond acceptors (Lipinski definition) is 6. The average Bonchev–Trinajstić information content (AvgIpc) is 3.35. The van der Waals surface area contributed by atoms with Crippen molar-refractivity contribution in [1.82, 2.24) is 20.0 Å². The second-order valence-corrected chi connectivity index (χ2v) is 7.79. The largest absolute Gasteiger partial charge is 0.418 e.